The summed E-state index contributed by atoms with van der Waals surface area (Å²) in [4.78, 5) is 12.1. The number of hydrogen-bond acceptors (Lipinski definition) is 4. The number of aryl methyl sites for hydroxylation is 1. The van der Waals surface area contributed by atoms with Gasteiger partial charge in [-0.15, -0.1) is 0 Å². The van der Waals surface area contributed by atoms with Gasteiger partial charge >= 0.3 is 0 Å². The van der Waals surface area contributed by atoms with Crippen LogP contribution in [0.25, 0.3) is 0 Å². The van der Waals surface area contributed by atoms with Crippen LogP contribution in [0.1, 0.15) is 5.56 Å². The maximum absolute atomic E-state index is 11.9. The first kappa shape index (κ1) is 17.5. The van der Waals surface area contributed by atoms with Gasteiger partial charge in [-0.05, 0) is 55.0 Å². The highest BCUT2D eigenvalue weighted by molar-refractivity contribution is 9.10. The average Bonchev–Trinajstić information content (AvgIpc) is 2.48. The molecule has 2 rings (SSSR count). The summed E-state index contributed by atoms with van der Waals surface area (Å²) >= 11 is 3.42. The van der Waals surface area contributed by atoms with Crippen molar-refractivity contribution in [3.63, 3.8) is 0 Å². The average molecular weight is 397 g/mol. The minimum Gasteiger partial charge on any atom is -0.376 e. The molecule has 0 aliphatic rings. The molecule has 0 saturated heterocycles. The summed E-state index contributed by atoms with van der Waals surface area (Å²) in [5.74, 6) is -0.210. The summed E-state index contributed by atoms with van der Waals surface area (Å²) in [5.41, 5.74) is 2.48. The molecule has 0 atom stereocenters. The van der Waals surface area contributed by atoms with Crippen LogP contribution in [0.15, 0.2) is 51.8 Å². The van der Waals surface area contributed by atoms with Crippen LogP contribution >= 0.6 is 15.9 Å². The fraction of sp³-hybridized carbons (Fsp3) is 0.188. The van der Waals surface area contributed by atoms with Crippen LogP contribution in [0.4, 0.5) is 11.4 Å². The Balaban J connectivity index is 1.93. The van der Waals surface area contributed by atoms with E-state index in [9.17, 15) is 13.2 Å². The first-order chi connectivity index (χ1) is 10.8. The lowest BCUT2D eigenvalue weighted by Gasteiger charge is -2.09. The molecule has 0 aromatic heterocycles. The Bertz CT molecular complexity index is 818. The van der Waals surface area contributed by atoms with Gasteiger partial charge in [0, 0.05) is 22.1 Å². The van der Waals surface area contributed by atoms with Crippen molar-refractivity contribution in [3.8, 4) is 0 Å². The van der Waals surface area contributed by atoms with Gasteiger partial charge < -0.3 is 10.6 Å². The summed E-state index contributed by atoms with van der Waals surface area (Å²) < 4.78 is 23.8. The molecule has 0 aliphatic heterocycles. The normalized spacial score (nSPS) is 11.1. The molecule has 2 N–H and O–H groups in total. The van der Waals surface area contributed by atoms with Crippen molar-refractivity contribution in [1.29, 1.82) is 0 Å². The maximum Gasteiger partial charge on any atom is 0.243 e. The molecule has 2 aromatic carbocycles. The van der Waals surface area contributed by atoms with Crippen LogP contribution in [-0.2, 0) is 14.6 Å². The molecule has 0 fully saturated rings. The first-order valence-electron chi connectivity index (χ1n) is 6.86. The topological polar surface area (TPSA) is 75.3 Å². The Kier molecular flexibility index (Phi) is 5.43. The smallest absolute Gasteiger partial charge is 0.243 e. The van der Waals surface area contributed by atoms with Gasteiger partial charge in [0.05, 0.1) is 11.4 Å². The lowest BCUT2D eigenvalue weighted by Crippen LogP contribution is -2.21. The molecule has 122 valence electrons. The van der Waals surface area contributed by atoms with Crippen molar-refractivity contribution in [3.05, 3.63) is 52.5 Å². The van der Waals surface area contributed by atoms with Gasteiger partial charge in [-0.2, -0.15) is 0 Å². The van der Waals surface area contributed by atoms with Crippen molar-refractivity contribution in [2.75, 3.05) is 23.4 Å². The molecule has 2 aromatic rings. The minimum absolute atomic E-state index is 0.120. The highest BCUT2D eigenvalue weighted by Gasteiger charge is 2.07. The second-order valence-electron chi connectivity index (χ2n) is 5.16. The molecular formula is C16H17BrN2O3S. The van der Waals surface area contributed by atoms with Crippen LogP contribution in [0.2, 0.25) is 0 Å². The van der Waals surface area contributed by atoms with Gasteiger partial charge in [0.2, 0.25) is 5.91 Å². The number of anilines is 2. The van der Waals surface area contributed by atoms with Crippen molar-refractivity contribution in [2.24, 2.45) is 0 Å². The zero-order valence-corrected chi connectivity index (χ0v) is 15.2. The van der Waals surface area contributed by atoms with Crippen LogP contribution in [0.3, 0.4) is 0 Å². The second-order valence-corrected chi connectivity index (χ2v) is 8.03. The van der Waals surface area contributed by atoms with E-state index in [4.69, 9.17) is 0 Å². The fourth-order valence-corrected chi connectivity index (χ4v) is 2.80. The van der Waals surface area contributed by atoms with E-state index in [1.807, 2.05) is 25.1 Å². The highest BCUT2D eigenvalue weighted by atomic mass is 79.9. The number of carbonyl (C=O) groups is 1. The van der Waals surface area contributed by atoms with Crippen LogP contribution < -0.4 is 10.6 Å². The standard InChI is InChI=1S/C16H17BrN2O3S/c1-11-9-13(5-8-15(11)17)18-10-16(20)19-12-3-6-14(7-4-12)23(2,21)22/h3-9,18H,10H2,1-2H3,(H,19,20). The number of amides is 1. The van der Waals surface area contributed by atoms with E-state index in [2.05, 4.69) is 26.6 Å². The zero-order valence-electron chi connectivity index (χ0n) is 12.8. The molecule has 0 heterocycles. The molecule has 0 unspecified atom stereocenters. The summed E-state index contributed by atoms with van der Waals surface area (Å²) in [7, 11) is -3.23. The number of hydrogen-bond donors (Lipinski definition) is 2. The number of benzene rings is 2. The van der Waals surface area contributed by atoms with Crippen molar-refractivity contribution in [1.82, 2.24) is 0 Å². The fourth-order valence-electron chi connectivity index (χ4n) is 1.93. The summed E-state index contributed by atoms with van der Waals surface area (Å²) in [6.07, 6.45) is 1.14. The highest BCUT2D eigenvalue weighted by Crippen LogP contribution is 2.20. The number of sulfone groups is 1. The summed E-state index contributed by atoms with van der Waals surface area (Å²) in [6, 6.07) is 11.8. The molecule has 0 bridgehead atoms. The third kappa shape index (κ3) is 5.07. The third-order valence-electron chi connectivity index (χ3n) is 3.18. The van der Waals surface area contributed by atoms with E-state index in [1.165, 1.54) is 12.1 Å². The van der Waals surface area contributed by atoms with Crippen LogP contribution in [0.5, 0.6) is 0 Å². The maximum atomic E-state index is 11.9. The van der Waals surface area contributed by atoms with E-state index < -0.39 is 9.84 Å². The number of halogens is 1. The van der Waals surface area contributed by atoms with E-state index in [1.54, 1.807) is 12.1 Å². The summed E-state index contributed by atoms with van der Waals surface area (Å²) in [6.45, 7) is 2.09. The van der Waals surface area contributed by atoms with Gasteiger partial charge in [0.1, 0.15) is 0 Å². The van der Waals surface area contributed by atoms with Gasteiger partial charge in [0.25, 0.3) is 0 Å². The lowest BCUT2D eigenvalue weighted by molar-refractivity contribution is -0.114. The molecule has 23 heavy (non-hydrogen) atoms. The Morgan fingerprint density at radius 2 is 1.70 bits per heavy atom. The van der Waals surface area contributed by atoms with Crippen molar-refractivity contribution >= 4 is 43.0 Å². The molecule has 7 heteroatoms. The molecular weight excluding hydrogens is 380 g/mol. The lowest BCUT2D eigenvalue weighted by atomic mass is 10.2. The van der Waals surface area contributed by atoms with Gasteiger partial charge in [-0.25, -0.2) is 8.42 Å². The van der Waals surface area contributed by atoms with Crippen LogP contribution in [-0.4, -0.2) is 27.1 Å². The largest absolute Gasteiger partial charge is 0.376 e. The first-order valence-corrected chi connectivity index (χ1v) is 9.54. The predicted octanol–water partition coefficient (Wildman–Crippen LogP) is 3.21. The number of nitrogens with one attached hydrogen (secondary N) is 2. The Hall–Kier alpha value is -1.86. The van der Waals surface area contributed by atoms with E-state index in [0.717, 1.165) is 22.0 Å². The Labute approximate surface area is 144 Å². The number of rotatable bonds is 5. The van der Waals surface area contributed by atoms with E-state index >= 15 is 0 Å². The predicted molar refractivity (Wildman–Crippen MR) is 95.6 cm³/mol. The van der Waals surface area contributed by atoms with Gasteiger partial charge in [-0.3, -0.25) is 4.79 Å². The monoisotopic (exact) mass is 396 g/mol. The molecule has 0 spiro atoms. The Morgan fingerprint density at radius 3 is 2.26 bits per heavy atom. The second kappa shape index (κ2) is 7.14. The molecule has 0 aliphatic carbocycles. The van der Waals surface area contributed by atoms with Gasteiger partial charge in [0.15, 0.2) is 9.84 Å². The van der Waals surface area contributed by atoms with Crippen molar-refractivity contribution < 1.29 is 13.2 Å². The summed E-state index contributed by atoms with van der Waals surface area (Å²) in [5, 5.41) is 5.75. The molecule has 0 radical (unpaired) electrons. The number of carbonyl (C=O) groups excluding carboxylic acids is 1. The van der Waals surface area contributed by atoms with E-state index in [-0.39, 0.29) is 17.3 Å². The molecule has 0 saturated carbocycles. The Morgan fingerprint density at radius 1 is 1.09 bits per heavy atom. The van der Waals surface area contributed by atoms with E-state index in [0.29, 0.717) is 5.69 Å². The SMILES string of the molecule is Cc1cc(NCC(=O)Nc2ccc(S(C)(=O)=O)cc2)ccc1Br. The molecule has 5 nitrogen and oxygen atoms in total. The third-order valence-corrected chi connectivity index (χ3v) is 5.20. The minimum atomic E-state index is -3.23. The zero-order chi connectivity index (χ0) is 17.0. The van der Waals surface area contributed by atoms with Gasteiger partial charge in [-0.1, -0.05) is 15.9 Å². The molecule has 1 amide bonds. The van der Waals surface area contributed by atoms with Crippen molar-refractivity contribution in [2.45, 2.75) is 11.8 Å². The van der Waals surface area contributed by atoms with Crippen LogP contribution in [0, 0.1) is 6.92 Å². The quantitative estimate of drug-likeness (QED) is 0.813.